The fourth-order valence-corrected chi connectivity index (χ4v) is 2.56. The van der Waals surface area contributed by atoms with E-state index in [-0.39, 0.29) is 11.3 Å². The minimum absolute atomic E-state index is 0.234. The topological polar surface area (TPSA) is 76.7 Å². The molecule has 136 valence electrons. The van der Waals surface area contributed by atoms with Crippen LogP contribution in [0, 0.1) is 6.92 Å². The molecule has 0 aliphatic carbocycles. The maximum absolute atomic E-state index is 12.3. The standard InChI is InChI=1S/C22H18O5/c1-15-13-19(24)21(22(25)27-15)18(23)12-11-17-9-5-6-10-20(17)26-14-16-7-3-2-4-8-16/h2-13,24H,14H2,1H3/b12-11+. The first-order chi connectivity index (χ1) is 13.0. The van der Waals surface area contributed by atoms with Gasteiger partial charge in [-0.1, -0.05) is 48.5 Å². The third-order valence-corrected chi connectivity index (χ3v) is 3.87. The largest absolute Gasteiger partial charge is 0.507 e. The Morgan fingerprint density at radius 3 is 2.56 bits per heavy atom. The number of carbonyl (C=O) groups excluding carboxylic acids is 1. The molecule has 1 heterocycles. The molecule has 0 spiro atoms. The van der Waals surface area contributed by atoms with Crippen molar-refractivity contribution < 1.29 is 19.1 Å². The highest BCUT2D eigenvalue weighted by Gasteiger charge is 2.16. The Balaban J connectivity index is 1.80. The van der Waals surface area contributed by atoms with Gasteiger partial charge in [-0.05, 0) is 30.7 Å². The average Bonchev–Trinajstić information content (AvgIpc) is 2.65. The Hall–Kier alpha value is -3.60. The minimum Gasteiger partial charge on any atom is -0.507 e. The summed E-state index contributed by atoms with van der Waals surface area (Å²) in [5.74, 6) is -0.200. The zero-order chi connectivity index (χ0) is 19.2. The van der Waals surface area contributed by atoms with Gasteiger partial charge in [-0.15, -0.1) is 0 Å². The van der Waals surface area contributed by atoms with Crippen LogP contribution in [-0.2, 0) is 6.61 Å². The maximum Gasteiger partial charge on any atom is 0.351 e. The van der Waals surface area contributed by atoms with Crippen molar-refractivity contribution in [1.29, 1.82) is 0 Å². The lowest BCUT2D eigenvalue weighted by Gasteiger charge is -2.09. The van der Waals surface area contributed by atoms with Crippen LogP contribution in [0.4, 0.5) is 0 Å². The van der Waals surface area contributed by atoms with Crippen molar-refractivity contribution >= 4 is 11.9 Å². The van der Waals surface area contributed by atoms with E-state index >= 15 is 0 Å². The first kappa shape index (κ1) is 18.2. The van der Waals surface area contributed by atoms with Crippen LogP contribution in [0.5, 0.6) is 11.5 Å². The zero-order valence-corrected chi connectivity index (χ0v) is 14.7. The van der Waals surface area contributed by atoms with Gasteiger partial charge in [-0.2, -0.15) is 0 Å². The van der Waals surface area contributed by atoms with Gasteiger partial charge in [-0.3, -0.25) is 4.79 Å². The molecular weight excluding hydrogens is 344 g/mol. The second-order valence-corrected chi connectivity index (χ2v) is 5.91. The third kappa shape index (κ3) is 4.52. The van der Waals surface area contributed by atoms with Crippen molar-refractivity contribution in [2.75, 3.05) is 0 Å². The number of para-hydroxylation sites is 1. The van der Waals surface area contributed by atoms with Crippen LogP contribution in [0.15, 0.2) is 76.0 Å². The van der Waals surface area contributed by atoms with E-state index in [1.807, 2.05) is 42.5 Å². The normalized spacial score (nSPS) is 10.9. The van der Waals surface area contributed by atoms with E-state index in [4.69, 9.17) is 9.15 Å². The summed E-state index contributed by atoms with van der Waals surface area (Å²) in [4.78, 5) is 24.1. The monoisotopic (exact) mass is 362 g/mol. The van der Waals surface area contributed by atoms with E-state index in [9.17, 15) is 14.7 Å². The molecule has 27 heavy (non-hydrogen) atoms. The van der Waals surface area contributed by atoms with Gasteiger partial charge in [0.05, 0.1) is 0 Å². The molecule has 1 aromatic heterocycles. The summed E-state index contributed by atoms with van der Waals surface area (Å²) >= 11 is 0. The number of carbonyl (C=O) groups is 1. The smallest absolute Gasteiger partial charge is 0.351 e. The number of hydrogen-bond acceptors (Lipinski definition) is 5. The molecule has 0 fully saturated rings. The number of rotatable bonds is 6. The number of ether oxygens (including phenoxy) is 1. The average molecular weight is 362 g/mol. The van der Waals surface area contributed by atoms with Gasteiger partial charge in [-0.25, -0.2) is 4.79 Å². The van der Waals surface area contributed by atoms with Crippen molar-refractivity contribution in [3.8, 4) is 11.5 Å². The molecule has 1 N–H and O–H groups in total. The Morgan fingerprint density at radius 2 is 1.81 bits per heavy atom. The van der Waals surface area contributed by atoms with Gasteiger partial charge in [0.25, 0.3) is 0 Å². The molecule has 3 rings (SSSR count). The van der Waals surface area contributed by atoms with E-state index in [0.29, 0.717) is 17.9 Å². The number of hydrogen-bond donors (Lipinski definition) is 1. The molecule has 2 aromatic carbocycles. The lowest BCUT2D eigenvalue weighted by atomic mass is 10.1. The molecule has 0 aliphatic rings. The molecule has 0 amide bonds. The van der Waals surface area contributed by atoms with E-state index in [1.165, 1.54) is 19.1 Å². The first-order valence-electron chi connectivity index (χ1n) is 8.36. The third-order valence-electron chi connectivity index (χ3n) is 3.87. The number of aromatic hydroxyl groups is 1. The molecule has 0 bridgehead atoms. The zero-order valence-electron chi connectivity index (χ0n) is 14.7. The van der Waals surface area contributed by atoms with Crippen LogP contribution in [0.2, 0.25) is 0 Å². The van der Waals surface area contributed by atoms with Crippen LogP contribution in [0.25, 0.3) is 6.08 Å². The fraction of sp³-hybridized carbons (Fsp3) is 0.0909. The van der Waals surface area contributed by atoms with Gasteiger partial charge < -0.3 is 14.3 Å². The highest BCUT2D eigenvalue weighted by molar-refractivity contribution is 6.08. The van der Waals surface area contributed by atoms with E-state index < -0.39 is 17.2 Å². The minimum atomic E-state index is -0.865. The summed E-state index contributed by atoms with van der Waals surface area (Å²) in [6, 6.07) is 18.2. The highest BCUT2D eigenvalue weighted by atomic mass is 16.5. The molecule has 0 aliphatic heterocycles. The van der Waals surface area contributed by atoms with Crippen molar-refractivity contribution in [2.24, 2.45) is 0 Å². The molecule has 5 heteroatoms. The van der Waals surface area contributed by atoms with E-state index in [1.54, 1.807) is 18.2 Å². The first-order valence-corrected chi connectivity index (χ1v) is 8.36. The van der Waals surface area contributed by atoms with Crippen LogP contribution in [0.1, 0.15) is 27.2 Å². The predicted molar refractivity (Wildman–Crippen MR) is 102 cm³/mol. The van der Waals surface area contributed by atoms with E-state index in [2.05, 4.69) is 0 Å². The quantitative estimate of drug-likeness (QED) is 0.527. The fourth-order valence-electron chi connectivity index (χ4n) is 2.56. The maximum atomic E-state index is 12.3. The molecule has 0 unspecified atom stereocenters. The Morgan fingerprint density at radius 1 is 1.11 bits per heavy atom. The number of aryl methyl sites for hydroxylation is 1. The lowest BCUT2D eigenvalue weighted by molar-refractivity contribution is 0.104. The van der Waals surface area contributed by atoms with Crippen LogP contribution >= 0.6 is 0 Å². The highest BCUT2D eigenvalue weighted by Crippen LogP contribution is 2.22. The summed E-state index contributed by atoms with van der Waals surface area (Å²) in [5.41, 5.74) is 0.447. The Kier molecular flexibility index (Phi) is 5.52. The van der Waals surface area contributed by atoms with Crippen molar-refractivity contribution in [2.45, 2.75) is 13.5 Å². The SMILES string of the molecule is Cc1cc(O)c(C(=O)/C=C/c2ccccc2OCc2ccccc2)c(=O)o1. The Labute approximate surface area is 156 Å². The Bertz CT molecular complexity index is 1030. The molecule has 0 radical (unpaired) electrons. The van der Waals surface area contributed by atoms with Crippen molar-refractivity contribution in [3.05, 3.63) is 99.6 Å². The van der Waals surface area contributed by atoms with Crippen LogP contribution < -0.4 is 10.4 Å². The van der Waals surface area contributed by atoms with Crippen molar-refractivity contribution in [1.82, 2.24) is 0 Å². The lowest BCUT2D eigenvalue weighted by Crippen LogP contribution is -2.13. The number of benzene rings is 2. The molecule has 0 saturated heterocycles. The molecule has 0 atom stereocenters. The molecule has 3 aromatic rings. The predicted octanol–water partition coefficient (Wildman–Crippen LogP) is 4.13. The van der Waals surface area contributed by atoms with Crippen LogP contribution in [-0.4, -0.2) is 10.9 Å². The summed E-state index contributed by atoms with van der Waals surface area (Å²) in [6.07, 6.45) is 2.76. The summed E-state index contributed by atoms with van der Waals surface area (Å²) in [7, 11) is 0. The summed E-state index contributed by atoms with van der Waals surface area (Å²) < 4.78 is 10.7. The van der Waals surface area contributed by atoms with E-state index in [0.717, 1.165) is 5.56 Å². The molecule has 5 nitrogen and oxygen atoms in total. The van der Waals surface area contributed by atoms with Gasteiger partial charge in [0.2, 0.25) is 0 Å². The van der Waals surface area contributed by atoms with Crippen molar-refractivity contribution in [3.63, 3.8) is 0 Å². The number of ketones is 1. The number of allylic oxidation sites excluding steroid dienone is 1. The second kappa shape index (κ2) is 8.19. The van der Waals surface area contributed by atoms with Gasteiger partial charge in [0.15, 0.2) is 5.78 Å². The second-order valence-electron chi connectivity index (χ2n) is 5.91. The summed E-state index contributed by atoms with van der Waals surface area (Å²) in [5, 5.41) is 9.87. The summed E-state index contributed by atoms with van der Waals surface area (Å²) in [6.45, 7) is 1.91. The van der Waals surface area contributed by atoms with Crippen LogP contribution in [0.3, 0.4) is 0 Å². The molecular formula is C22H18O5. The van der Waals surface area contributed by atoms with Gasteiger partial charge in [0, 0.05) is 11.6 Å². The molecule has 0 saturated carbocycles. The van der Waals surface area contributed by atoms with Gasteiger partial charge >= 0.3 is 5.63 Å². The van der Waals surface area contributed by atoms with Gasteiger partial charge in [0.1, 0.15) is 29.4 Å².